The summed E-state index contributed by atoms with van der Waals surface area (Å²) in [7, 11) is 0. The van der Waals surface area contributed by atoms with Gasteiger partial charge in [0.15, 0.2) is 0 Å². The molecule has 3 fully saturated rings. The quantitative estimate of drug-likeness (QED) is 0.668. The number of carbonyl (C=O) groups excluding carboxylic acids is 4. The molecule has 0 aliphatic carbocycles. The van der Waals surface area contributed by atoms with Gasteiger partial charge in [0, 0.05) is 19.5 Å². The Morgan fingerprint density at radius 2 is 1.65 bits per heavy atom. The number of anilines is 1. The van der Waals surface area contributed by atoms with Gasteiger partial charge in [-0.15, -0.1) is 12.4 Å². The molecule has 31 heavy (non-hydrogen) atoms. The van der Waals surface area contributed by atoms with Gasteiger partial charge in [-0.3, -0.25) is 29.4 Å². The summed E-state index contributed by atoms with van der Waals surface area (Å²) in [4.78, 5) is 53.4. The van der Waals surface area contributed by atoms with Crippen molar-refractivity contribution in [3.8, 4) is 0 Å². The van der Waals surface area contributed by atoms with Gasteiger partial charge in [-0.05, 0) is 62.7 Å². The molecule has 1 spiro atoms. The fraction of sp³-hybridized carbons (Fsp3) is 0.545. The van der Waals surface area contributed by atoms with Crippen molar-refractivity contribution in [2.45, 2.75) is 44.6 Å². The smallest absolute Gasteiger partial charge is 0.264 e. The topological polar surface area (TPSA) is 98.8 Å². The highest BCUT2D eigenvalue weighted by molar-refractivity contribution is 6.25. The first kappa shape index (κ1) is 21.8. The van der Waals surface area contributed by atoms with Crippen LogP contribution in [0.25, 0.3) is 0 Å². The highest BCUT2D eigenvalue weighted by Crippen LogP contribution is 2.42. The fourth-order valence-electron chi connectivity index (χ4n) is 5.44. The number of amides is 4. The summed E-state index contributed by atoms with van der Waals surface area (Å²) in [5.41, 5.74) is 1.92. The molecule has 4 amide bonds. The Bertz CT molecular complexity index is 933. The van der Waals surface area contributed by atoms with Gasteiger partial charge in [-0.1, -0.05) is 6.07 Å². The summed E-state index contributed by atoms with van der Waals surface area (Å²) < 4.78 is 0. The summed E-state index contributed by atoms with van der Waals surface area (Å²) >= 11 is 0. The monoisotopic (exact) mass is 446 g/mol. The molecule has 1 aromatic rings. The third-order valence-corrected chi connectivity index (χ3v) is 7.28. The van der Waals surface area contributed by atoms with Crippen LogP contribution < -0.4 is 15.5 Å². The van der Waals surface area contributed by atoms with Gasteiger partial charge >= 0.3 is 0 Å². The maximum absolute atomic E-state index is 13.3. The molecule has 2 N–H and O–H groups in total. The van der Waals surface area contributed by atoms with E-state index in [1.54, 1.807) is 6.07 Å². The minimum atomic E-state index is -0.928. The van der Waals surface area contributed by atoms with E-state index in [0.29, 0.717) is 16.5 Å². The number of rotatable bonds is 2. The first-order valence-electron chi connectivity index (χ1n) is 10.8. The lowest BCUT2D eigenvalue weighted by Gasteiger charge is -2.45. The van der Waals surface area contributed by atoms with Crippen molar-refractivity contribution >= 4 is 41.7 Å². The summed E-state index contributed by atoms with van der Waals surface area (Å²) in [6, 6.07) is 4.44. The Labute approximate surface area is 187 Å². The zero-order valence-corrected chi connectivity index (χ0v) is 18.1. The van der Waals surface area contributed by atoms with E-state index >= 15 is 0 Å². The predicted octanol–water partition coefficient (Wildman–Crippen LogP) is 1.48. The number of nitrogens with one attached hydrogen (secondary N) is 2. The first-order chi connectivity index (χ1) is 14.5. The lowest BCUT2D eigenvalue weighted by molar-refractivity contribution is -0.136. The van der Waals surface area contributed by atoms with E-state index in [-0.39, 0.29) is 31.2 Å². The molecular formula is C22H27ClN4O4. The second kappa shape index (κ2) is 8.24. The van der Waals surface area contributed by atoms with Gasteiger partial charge in [0.05, 0.1) is 16.8 Å². The number of benzene rings is 1. The van der Waals surface area contributed by atoms with E-state index in [4.69, 9.17) is 0 Å². The largest absolute Gasteiger partial charge is 0.371 e. The zero-order valence-electron chi connectivity index (χ0n) is 17.3. The van der Waals surface area contributed by atoms with E-state index in [0.717, 1.165) is 49.6 Å². The van der Waals surface area contributed by atoms with Gasteiger partial charge in [-0.2, -0.15) is 0 Å². The highest BCUT2D eigenvalue weighted by Gasteiger charge is 2.46. The van der Waals surface area contributed by atoms with Crippen molar-refractivity contribution in [3.05, 3.63) is 29.3 Å². The Kier molecular flexibility index (Phi) is 5.79. The lowest BCUT2D eigenvalue weighted by atomic mass is 9.71. The van der Waals surface area contributed by atoms with E-state index in [9.17, 15) is 19.2 Å². The molecule has 1 atom stereocenters. The molecule has 0 saturated carbocycles. The van der Waals surface area contributed by atoms with Crippen molar-refractivity contribution in [3.63, 3.8) is 0 Å². The standard InChI is InChI=1S/C22H26N4O4.ClH/c27-17-5-4-16(19(28)24-17)26-20(29)14-2-1-3-15(18(14)21(26)30)25-12-8-22(9-13-25)6-10-23-11-7-22;/h1-3,16,23H,4-13H2,(H,24,27,28);1H. The number of halogens is 1. The summed E-state index contributed by atoms with van der Waals surface area (Å²) in [6.45, 7) is 3.84. The normalized spacial score (nSPS) is 25.4. The molecule has 0 radical (unpaired) electrons. The number of carbonyl (C=O) groups is 4. The molecule has 0 bridgehead atoms. The van der Waals surface area contributed by atoms with Gasteiger partial charge in [-0.25, -0.2) is 0 Å². The Hall–Kier alpha value is -2.45. The number of nitrogens with zero attached hydrogens (tertiary/aromatic N) is 2. The lowest BCUT2D eigenvalue weighted by Crippen LogP contribution is -2.54. The molecule has 4 heterocycles. The van der Waals surface area contributed by atoms with Crippen LogP contribution in [0.3, 0.4) is 0 Å². The molecule has 166 valence electrons. The van der Waals surface area contributed by atoms with Gasteiger partial charge in [0.1, 0.15) is 6.04 Å². The number of fused-ring (bicyclic) bond motifs is 1. The zero-order chi connectivity index (χ0) is 20.9. The van der Waals surface area contributed by atoms with Crippen molar-refractivity contribution in [1.29, 1.82) is 0 Å². The van der Waals surface area contributed by atoms with Crippen LogP contribution in [0.15, 0.2) is 18.2 Å². The van der Waals surface area contributed by atoms with Crippen LogP contribution in [0.2, 0.25) is 0 Å². The minimum absolute atomic E-state index is 0. The first-order valence-corrected chi connectivity index (χ1v) is 10.8. The predicted molar refractivity (Wildman–Crippen MR) is 116 cm³/mol. The second-order valence-corrected chi connectivity index (χ2v) is 8.88. The van der Waals surface area contributed by atoms with E-state index in [1.807, 2.05) is 12.1 Å². The Balaban J connectivity index is 0.00000231. The van der Waals surface area contributed by atoms with Crippen LogP contribution in [-0.2, 0) is 9.59 Å². The molecule has 0 aromatic heterocycles. The molecule has 4 aliphatic rings. The SMILES string of the molecule is Cl.O=C1CCC(N2C(=O)c3cccc(N4CCC5(CCNCC5)CC4)c3C2=O)C(=O)N1. The minimum Gasteiger partial charge on any atom is -0.371 e. The summed E-state index contributed by atoms with van der Waals surface area (Å²) in [6.07, 6.45) is 4.84. The van der Waals surface area contributed by atoms with Crippen LogP contribution in [0.5, 0.6) is 0 Å². The average molecular weight is 447 g/mol. The average Bonchev–Trinajstić information content (AvgIpc) is 3.00. The van der Waals surface area contributed by atoms with Crippen molar-refractivity contribution in [2.24, 2.45) is 5.41 Å². The maximum Gasteiger partial charge on any atom is 0.264 e. The van der Waals surface area contributed by atoms with Crippen LogP contribution >= 0.6 is 12.4 Å². The van der Waals surface area contributed by atoms with Crippen molar-refractivity contribution < 1.29 is 19.2 Å². The molecule has 1 unspecified atom stereocenters. The molecule has 8 nitrogen and oxygen atoms in total. The molecular weight excluding hydrogens is 420 g/mol. The molecule has 1 aromatic carbocycles. The fourth-order valence-corrected chi connectivity index (χ4v) is 5.44. The van der Waals surface area contributed by atoms with Crippen LogP contribution in [0.1, 0.15) is 59.2 Å². The molecule has 3 saturated heterocycles. The van der Waals surface area contributed by atoms with Crippen LogP contribution in [0.4, 0.5) is 5.69 Å². The number of piperidine rings is 3. The number of imide groups is 2. The van der Waals surface area contributed by atoms with Crippen LogP contribution in [0, 0.1) is 5.41 Å². The van der Waals surface area contributed by atoms with Crippen molar-refractivity contribution in [1.82, 2.24) is 15.5 Å². The third-order valence-electron chi connectivity index (χ3n) is 7.28. The van der Waals surface area contributed by atoms with E-state index in [2.05, 4.69) is 15.5 Å². The molecule has 5 rings (SSSR count). The van der Waals surface area contributed by atoms with E-state index in [1.165, 1.54) is 12.8 Å². The van der Waals surface area contributed by atoms with Crippen molar-refractivity contribution in [2.75, 3.05) is 31.1 Å². The third kappa shape index (κ3) is 3.61. The summed E-state index contributed by atoms with van der Waals surface area (Å²) in [5, 5.41) is 5.68. The number of hydrogen-bond acceptors (Lipinski definition) is 6. The molecule has 4 aliphatic heterocycles. The second-order valence-electron chi connectivity index (χ2n) is 8.88. The van der Waals surface area contributed by atoms with Gasteiger partial charge in [0.2, 0.25) is 11.8 Å². The number of hydrogen-bond donors (Lipinski definition) is 2. The molecule has 9 heteroatoms. The van der Waals surface area contributed by atoms with Crippen LogP contribution in [-0.4, -0.2) is 60.7 Å². The van der Waals surface area contributed by atoms with E-state index < -0.39 is 23.8 Å². The summed E-state index contributed by atoms with van der Waals surface area (Å²) in [5.74, 6) is -1.82. The Morgan fingerprint density at radius 3 is 2.32 bits per heavy atom. The van der Waals surface area contributed by atoms with Gasteiger partial charge < -0.3 is 10.2 Å². The maximum atomic E-state index is 13.3. The Morgan fingerprint density at radius 1 is 0.935 bits per heavy atom. The van der Waals surface area contributed by atoms with Gasteiger partial charge in [0.25, 0.3) is 11.8 Å². The highest BCUT2D eigenvalue weighted by atomic mass is 35.5.